The van der Waals surface area contributed by atoms with Gasteiger partial charge in [0.2, 0.25) is 0 Å². The van der Waals surface area contributed by atoms with Crippen LogP contribution in [0, 0.1) is 5.92 Å². The molecule has 0 bridgehead atoms. The van der Waals surface area contributed by atoms with Crippen molar-refractivity contribution in [3.63, 3.8) is 0 Å². The van der Waals surface area contributed by atoms with Gasteiger partial charge >= 0.3 is 0 Å². The van der Waals surface area contributed by atoms with Crippen LogP contribution in [-0.2, 0) is 4.74 Å². The molecule has 4 nitrogen and oxygen atoms in total. The van der Waals surface area contributed by atoms with Crippen LogP contribution >= 0.6 is 0 Å². The summed E-state index contributed by atoms with van der Waals surface area (Å²) in [5.41, 5.74) is 5.65. The average Bonchev–Trinajstić information content (AvgIpc) is 2.65. The molecule has 0 amide bonds. The van der Waals surface area contributed by atoms with Crippen molar-refractivity contribution in [1.29, 1.82) is 0 Å². The smallest absolute Gasteiger partial charge is 0.0709 e. The van der Waals surface area contributed by atoms with Gasteiger partial charge in [0.1, 0.15) is 0 Å². The largest absolute Gasteiger partial charge is 0.395 e. The molecule has 1 rings (SSSR count). The second-order valence-electron chi connectivity index (χ2n) is 4.65. The van der Waals surface area contributed by atoms with Gasteiger partial charge in [-0.1, -0.05) is 6.92 Å². The van der Waals surface area contributed by atoms with E-state index in [0.29, 0.717) is 18.5 Å². The quantitative estimate of drug-likeness (QED) is 0.666. The summed E-state index contributed by atoms with van der Waals surface area (Å²) >= 11 is 0. The van der Waals surface area contributed by atoms with Crippen molar-refractivity contribution in [2.75, 3.05) is 32.8 Å². The molecular formula is C12H26N2O2. The Morgan fingerprint density at radius 3 is 2.88 bits per heavy atom. The number of hydrogen-bond donors (Lipinski definition) is 2. The molecule has 1 aliphatic rings. The number of aliphatic hydroxyl groups excluding tert-OH is 1. The van der Waals surface area contributed by atoms with Crippen LogP contribution in [0.25, 0.3) is 0 Å². The van der Waals surface area contributed by atoms with E-state index >= 15 is 0 Å². The molecule has 1 saturated heterocycles. The standard InChI is InChI=1S/C12H26N2O2/c1-3-16-11(8-13)5-7-14-6-4-10(2)12(14)9-15/h10-12,15H,3-9,13H2,1-2H3. The molecule has 4 heteroatoms. The Kier molecular flexibility index (Phi) is 6.28. The topological polar surface area (TPSA) is 58.7 Å². The third kappa shape index (κ3) is 3.70. The fourth-order valence-corrected chi connectivity index (χ4v) is 2.48. The Labute approximate surface area is 98.8 Å². The Balaban J connectivity index is 2.30. The molecule has 3 N–H and O–H groups in total. The Bertz CT molecular complexity index is 190. The zero-order valence-electron chi connectivity index (χ0n) is 10.6. The molecule has 3 unspecified atom stereocenters. The highest BCUT2D eigenvalue weighted by Gasteiger charge is 2.30. The second kappa shape index (κ2) is 7.22. The third-order valence-corrected chi connectivity index (χ3v) is 3.59. The molecule has 3 atom stereocenters. The lowest BCUT2D eigenvalue weighted by atomic mass is 10.0. The van der Waals surface area contributed by atoms with E-state index in [9.17, 15) is 5.11 Å². The van der Waals surface area contributed by atoms with Gasteiger partial charge in [0.15, 0.2) is 0 Å². The van der Waals surface area contributed by atoms with Crippen LogP contribution in [0.5, 0.6) is 0 Å². The fraction of sp³-hybridized carbons (Fsp3) is 1.00. The van der Waals surface area contributed by atoms with Crippen molar-refractivity contribution < 1.29 is 9.84 Å². The molecule has 1 aliphatic heterocycles. The number of nitrogens with two attached hydrogens (primary N) is 1. The summed E-state index contributed by atoms with van der Waals surface area (Å²) in [4.78, 5) is 2.37. The highest BCUT2D eigenvalue weighted by atomic mass is 16.5. The first-order valence-corrected chi connectivity index (χ1v) is 6.39. The highest BCUT2D eigenvalue weighted by molar-refractivity contribution is 4.84. The van der Waals surface area contributed by atoms with E-state index in [-0.39, 0.29) is 12.7 Å². The van der Waals surface area contributed by atoms with Crippen molar-refractivity contribution in [3.8, 4) is 0 Å². The molecule has 0 aromatic carbocycles. The number of nitrogens with zero attached hydrogens (tertiary/aromatic N) is 1. The number of ether oxygens (including phenoxy) is 1. The van der Waals surface area contributed by atoms with Crippen molar-refractivity contribution in [3.05, 3.63) is 0 Å². The van der Waals surface area contributed by atoms with Crippen LogP contribution in [0.1, 0.15) is 26.7 Å². The van der Waals surface area contributed by atoms with Crippen LogP contribution in [0.2, 0.25) is 0 Å². The van der Waals surface area contributed by atoms with Gasteiger partial charge in [-0.05, 0) is 32.2 Å². The predicted molar refractivity (Wildman–Crippen MR) is 65.3 cm³/mol. The van der Waals surface area contributed by atoms with Crippen molar-refractivity contribution in [2.24, 2.45) is 11.7 Å². The van der Waals surface area contributed by atoms with Crippen LogP contribution in [0.15, 0.2) is 0 Å². The van der Waals surface area contributed by atoms with Gasteiger partial charge in [-0.2, -0.15) is 0 Å². The fourth-order valence-electron chi connectivity index (χ4n) is 2.48. The maximum atomic E-state index is 9.34. The molecule has 16 heavy (non-hydrogen) atoms. The van der Waals surface area contributed by atoms with Crippen LogP contribution in [0.4, 0.5) is 0 Å². The lowest BCUT2D eigenvalue weighted by Crippen LogP contribution is -2.38. The summed E-state index contributed by atoms with van der Waals surface area (Å²) < 4.78 is 5.53. The van der Waals surface area contributed by atoms with E-state index < -0.39 is 0 Å². The van der Waals surface area contributed by atoms with Gasteiger partial charge < -0.3 is 15.6 Å². The molecule has 0 aliphatic carbocycles. The zero-order chi connectivity index (χ0) is 12.0. The molecule has 1 heterocycles. The summed E-state index contributed by atoms with van der Waals surface area (Å²) in [6.07, 6.45) is 2.32. The van der Waals surface area contributed by atoms with E-state index in [2.05, 4.69) is 11.8 Å². The van der Waals surface area contributed by atoms with Gasteiger partial charge in [-0.15, -0.1) is 0 Å². The van der Waals surface area contributed by atoms with E-state index in [1.165, 1.54) is 6.42 Å². The maximum absolute atomic E-state index is 9.34. The van der Waals surface area contributed by atoms with Crippen molar-refractivity contribution in [1.82, 2.24) is 4.90 Å². The summed E-state index contributed by atoms with van der Waals surface area (Å²) in [7, 11) is 0. The number of aliphatic hydroxyl groups is 1. The zero-order valence-corrected chi connectivity index (χ0v) is 10.6. The second-order valence-corrected chi connectivity index (χ2v) is 4.65. The Morgan fingerprint density at radius 1 is 1.56 bits per heavy atom. The number of rotatable bonds is 7. The normalized spacial score (nSPS) is 28.5. The lowest BCUT2D eigenvalue weighted by Gasteiger charge is -2.26. The van der Waals surface area contributed by atoms with Crippen LogP contribution in [0.3, 0.4) is 0 Å². The molecule has 0 spiro atoms. The van der Waals surface area contributed by atoms with Gasteiger partial charge in [0.05, 0.1) is 12.7 Å². The first-order chi connectivity index (χ1) is 7.72. The molecule has 0 aromatic rings. The average molecular weight is 230 g/mol. The minimum atomic E-state index is 0.167. The van der Waals surface area contributed by atoms with Crippen LogP contribution in [-0.4, -0.2) is 55.0 Å². The molecule has 96 valence electrons. The first kappa shape index (κ1) is 13.9. The van der Waals surface area contributed by atoms with E-state index in [4.69, 9.17) is 10.5 Å². The first-order valence-electron chi connectivity index (χ1n) is 6.39. The molecular weight excluding hydrogens is 204 g/mol. The molecule has 0 radical (unpaired) electrons. The van der Waals surface area contributed by atoms with E-state index in [0.717, 1.165) is 26.1 Å². The maximum Gasteiger partial charge on any atom is 0.0709 e. The van der Waals surface area contributed by atoms with E-state index in [1.54, 1.807) is 0 Å². The third-order valence-electron chi connectivity index (χ3n) is 3.59. The Morgan fingerprint density at radius 2 is 2.31 bits per heavy atom. The summed E-state index contributed by atoms with van der Waals surface area (Å²) in [6.45, 7) is 7.86. The lowest BCUT2D eigenvalue weighted by molar-refractivity contribution is 0.0481. The minimum Gasteiger partial charge on any atom is -0.395 e. The molecule has 0 saturated carbocycles. The van der Waals surface area contributed by atoms with Gasteiger partial charge in [-0.3, -0.25) is 4.90 Å². The SMILES string of the molecule is CCOC(CN)CCN1CCC(C)C1CO. The van der Waals surface area contributed by atoms with Gasteiger partial charge in [0.25, 0.3) is 0 Å². The monoisotopic (exact) mass is 230 g/mol. The van der Waals surface area contributed by atoms with Crippen molar-refractivity contribution in [2.45, 2.75) is 38.8 Å². The number of hydrogen-bond acceptors (Lipinski definition) is 4. The molecule has 0 aromatic heterocycles. The summed E-state index contributed by atoms with van der Waals surface area (Å²) in [6, 6.07) is 0.333. The summed E-state index contributed by atoms with van der Waals surface area (Å²) in [5, 5.41) is 9.34. The highest BCUT2D eigenvalue weighted by Crippen LogP contribution is 2.23. The van der Waals surface area contributed by atoms with Crippen molar-refractivity contribution >= 4 is 0 Å². The van der Waals surface area contributed by atoms with Gasteiger partial charge in [-0.25, -0.2) is 0 Å². The van der Waals surface area contributed by atoms with Crippen LogP contribution < -0.4 is 5.73 Å². The Hall–Kier alpha value is -0.160. The minimum absolute atomic E-state index is 0.167. The molecule has 1 fully saturated rings. The predicted octanol–water partition coefficient (Wildman–Crippen LogP) is 0.443. The summed E-state index contributed by atoms with van der Waals surface area (Å²) in [5.74, 6) is 0.605. The van der Waals surface area contributed by atoms with E-state index in [1.807, 2.05) is 6.92 Å². The number of likely N-dealkylation sites (tertiary alicyclic amines) is 1. The van der Waals surface area contributed by atoms with Gasteiger partial charge in [0, 0.05) is 25.7 Å².